The molecule has 3 aromatic carbocycles. The zero-order valence-corrected chi connectivity index (χ0v) is 19.1. The highest BCUT2D eigenvalue weighted by Gasteiger charge is 2.44. The van der Waals surface area contributed by atoms with Crippen molar-refractivity contribution in [2.24, 2.45) is 0 Å². The fourth-order valence-electron chi connectivity index (χ4n) is 3.98. The maximum Gasteiger partial charge on any atom is 0.171 e. The van der Waals surface area contributed by atoms with E-state index in [1.54, 1.807) is 16.7 Å². The molecule has 1 fully saturated rings. The Morgan fingerprint density at radius 2 is 1.66 bits per heavy atom. The summed E-state index contributed by atoms with van der Waals surface area (Å²) in [5, 5.41) is 33.9. The molecular formula is C23H20Cl2N2O4S. The molecular weight excluding hydrogens is 471 g/mol. The molecule has 0 aliphatic carbocycles. The minimum Gasteiger partial charge on any atom is -0.394 e. The fraction of sp³-hybridized carbons (Fsp3) is 0.261. The van der Waals surface area contributed by atoms with Crippen molar-refractivity contribution in [2.45, 2.75) is 35.4 Å². The van der Waals surface area contributed by atoms with Gasteiger partial charge in [-0.25, -0.2) is 4.98 Å². The zero-order valence-electron chi connectivity index (χ0n) is 16.7. The molecule has 1 unspecified atom stereocenters. The second-order valence-electron chi connectivity index (χ2n) is 7.72. The summed E-state index contributed by atoms with van der Waals surface area (Å²) in [6.45, 7) is -0.398. The van der Waals surface area contributed by atoms with Gasteiger partial charge >= 0.3 is 0 Å². The van der Waals surface area contributed by atoms with Crippen LogP contribution in [0.5, 0.6) is 0 Å². The highest BCUT2D eigenvalue weighted by atomic mass is 35.5. The first-order valence-corrected chi connectivity index (χ1v) is 11.8. The van der Waals surface area contributed by atoms with Crippen LogP contribution in [0.25, 0.3) is 21.8 Å². The number of hydrogen-bond acceptors (Lipinski definition) is 6. The van der Waals surface area contributed by atoms with Crippen LogP contribution in [-0.4, -0.2) is 49.8 Å². The summed E-state index contributed by atoms with van der Waals surface area (Å²) in [5.41, 5.74) is 2.55. The Balaban J connectivity index is 1.64. The lowest BCUT2D eigenvalue weighted by Gasteiger charge is -2.20. The number of imidazole rings is 1. The first kappa shape index (κ1) is 22.0. The van der Waals surface area contributed by atoms with E-state index in [1.807, 2.05) is 42.5 Å². The number of aliphatic hydroxyl groups is 3. The van der Waals surface area contributed by atoms with Crippen molar-refractivity contribution in [3.8, 4) is 0 Å². The Kier molecular flexibility index (Phi) is 6.07. The van der Waals surface area contributed by atoms with Crippen LogP contribution >= 0.6 is 35.0 Å². The largest absolute Gasteiger partial charge is 0.394 e. The number of thioether (sulfide) groups is 1. The summed E-state index contributed by atoms with van der Waals surface area (Å²) in [6.07, 6.45) is -4.20. The van der Waals surface area contributed by atoms with E-state index in [0.717, 1.165) is 21.9 Å². The van der Waals surface area contributed by atoms with E-state index < -0.39 is 31.1 Å². The van der Waals surface area contributed by atoms with Gasteiger partial charge in [0.1, 0.15) is 18.3 Å². The Labute approximate surface area is 198 Å². The number of ether oxygens (including phenoxy) is 1. The third kappa shape index (κ3) is 3.88. The summed E-state index contributed by atoms with van der Waals surface area (Å²) < 4.78 is 7.63. The molecule has 1 aromatic heterocycles. The average molecular weight is 491 g/mol. The van der Waals surface area contributed by atoms with Crippen LogP contribution in [0.2, 0.25) is 10.0 Å². The van der Waals surface area contributed by atoms with E-state index in [4.69, 9.17) is 32.9 Å². The molecule has 5 rings (SSSR count). The van der Waals surface area contributed by atoms with E-state index in [2.05, 4.69) is 0 Å². The normalized spacial score (nSPS) is 23.4. The van der Waals surface area contributed by atoms with Gasteiger partial charge in [-0.05, 0) is 40.6 Å². The molecule has 2 heterocycles. The van der Waals surface area contributed by atoms with E-state index in [1.165, 1.54) is 11.8 Å². The van der Waals surface area contributed by atoms with E-state index >= 15 is 0 Å². The molecule has 0 saturated carbocycles. The number of aliphatic hydroxyl groups excluding tert-OH is 3. The van der Waals surface area contributed by atoms with Gasteiger partial charge in [-0.1, -0.05) is 65.3 Å². The smallest absolute Gasteiger partial charge is 0.171 e. The molecule has 166 valence electrons. The van der Waals surface area contributed by atoms with Gasteiger partial charge in [0.25, 0.3) is 0 Å². The fourth-order valence-corrected chi connectivity index (χ4v) is 5.31. The molecule has 0 bridgehead atoms. The standard InChI is InChI=1S/C23H20Cl2N2O4S/c24-15-6-13-8-17-18(9-14(13)7-16(15)25)27(22-21(30)20(29)19(10-28)31-22)23(26-17)32-11-12-4-2-1-3-5-12/h1-9,19-22,28-30H,10-11H2/t19-,20-,21-,22?/m1/s1. The van der Waals surface area contributed by atoms with Crippen LogP contribution < -0.4 is 0 Å². The van der Waals surface area contributed by atoms with Crippen molar-refractivity contribution in [3.63, 3.8) is 0 Å². The Morgan fingerprint density at radius 3 is 2.31 bits per heavy atom. The third-order valence-corrected chi connectivity index (χ3v) is 7.38. The number of fused-ring (bicyclic) bond motifs is 2. The summed E-state index contributed by atoms with van der Waals surface area (Å²) in [7, 11) is 0. The van der Waals surface area contributed by atoms with E-state index in [-0.39, 0.29) is 0 Å². The van der Waals surface area contributed by atoms with Gasteiger partial charge in [-0.3, -0.25) is 4.57 Å². The summed E-state index contributed by atoms with van der Waals surface area (Å²) in [5.74, 6) is 0.663. The van der Waals surface area contributed by atoms with Crippen LogP contribution in [-0.2, 0) is 10.5 Å². The molecule has 32 heavy (non-hydrogen) atoms. The number of rotatable bonds is 5. The number of nitrogens with zero attached hydrogens (tertiary/aromatic N) is 2. The second-order valence-corrected chi connectivity index (χ2v) is 9.48. The second kappa shape index (κ2) is 8.83. The molecule has 4 aromatic rings. The molecule has 0 radical (unpaired) electrons. The molecule has 0 spiro atoms. The van der Waals surface area contributed by atoms with Crippen LogP contribution in [0.15, 0.2) is 59.8 Å². The van der Waals surface area contributed by atoms with Gasteiger partial charge in [0.05, 0.1) is 27.7 Å². The topological polar surface area (TPSA) is 87.7 Å². The van der Waals surface area contributed by atoms with Gasteiger partial charge in [-0.15, -0.1) is 0 Å². The monoisotopic (exact) mass is 490 g/mol. The SMILES string of the molecule is OC[C@H]1OC(n2c(SCc3ccccc3)nc3cc4cc(Cl)c(Cl)cc4cc32)[C@H](O)[C@@H]1O. The molecule has 9 heteroatoms. The number of benzene rings is 3. The minimum atomic E-state index is -1.22. The van der Waals surface area contributed by atoms with Gasteiger partial charge in [0.15, 0.2) is 11.4 Å². The predicted octanol–water partition coefficient (Wildman–Crippen LogP) is 4.40. The molecule has 4 atom stereocenters. The van der Waals surface area contributed by atoms with E-state index in [0.29, 0.717) is 26.5 Å². The molecule has 6 nitrogen and oxygen atoms in total. The highest BCUT2D eigenvalue weighted by Crippen LogP contribution is 2.39. The van der Waals surface area contributed by atoms with Crippen LogP contribution in [0.3, 0.4) is 0 Å². The summed E-state index contributed by atoms with van der Waals surface area (Å²) in [4.78, 5) is 4.80. The van der Waals surface area contributed by atoms with Crippen LogP contribution in [0.1, 0.15) is 11.8 Å². The van der Waals surface area contributed by atoms with Crippen molar-refractivity contribution in [3.05, 3.63) is 70.2 Å². The Bertz CT molecular complexity index is 1280. The molecule has 0 amide bonds. The third-order valence-electron chi connectivity index (χ3n) is 5.64. The summed E-state index contributed by atoms with van der Waals surface area (Å²) in [6, 6.07) is 17.4. The molecule has 1 aliphatic rings. The molecule has 3 N–H and O–H groups in total. The van der Waals surface area contributed by atoms with Gasteiger partial charge in [-0.2, -0.15) is 0 Å². The summed E-state index contributed by atoms with van der Waals surface area (Å²) >= 11 is 13.9. The Hall–Kier alpha value is -1.84. The minimum absolute atomic E-state index is 0.398. The quantitative estimate of drug-likeness (QED) is 0.359. The predicted molar refractivity (Wildman–Crippen MR) is 126 cm³/mol. The van der Waals surface area contributed by atoms with Crippen molar-refractivity contribution >= 4 is 56.8 Å². The number of hydrogen-bond donors (Lipinski definition) is 3. The average Bonchev–Trinajstić information content (AvgIpc) is 3.28. The maximum absolute atomic E-state index is 10.7. The molecule has 1 saturated heterocycles. The van der Waals surface area contributed by atoms with Crippen LogP contribution in [0.4, 0.5) is 0 Å². The number of halogens is 2. The van der Waals surface area contributed by atoms with Crippen LogP contribution in [0, 0.1) is 0 Å². The van der Waals surface area contributed by atoms with Crippen molar-refractivity contribution < 1.29 is 20.1 Å². The van der Waals surface area contributed by atoms with Gasteiger partial charge in [0.2, 0.25) is 0 Å². The Morgan fingerprint density at radius 1 is 0.969 bits per heavy atom. The lowest BCUT2D eigenvalue weighted by molar-refractivity contribution is -0.0545. The van der Waals surface area contributed by atoms with Gasteiger partial charge in [0, 0.05) is 5.75 Å². The number of aromatic nitrogens is 2. The highest BCUT2D eigenvalue weighted by molar-refractivity contribution is 7.98. The van der Waals surface area contributed by atoms with E-state index in [9.17, 15) is 15.3 Å². The maximum atomic E-state index is 10.7. The van der Waals surface area contributed by atoms with Crippen molar-refractivity contribution in [1.29, 1.82) is 0 Å². The first-order valence-electron chi connectivity index (χ1n) is 10.1. The lowest BCUT2D eigenvalue weighted by Crippen LogP contribution is -2.33. The van der Waals surface area contributed by atoms with Crippen molar-refractivity contribution in [1.82, 2.24) is 9.55 Å². The molecule has 1 aliphatic heterocycles. The zero-order chi connectivity index (χ0) is 22.4. The first-order chi connectivity index (χ1) is 15.5. The van der Waals surface area contributed by atoms with Gasteiger partial charge < -0.3 is 20.1 Å². The lowest BCUT2D eigenvalue weighted by atomic mass is 10.1. The van der Waals surface area contributed by atoms with Crippen molar-refractivity contribution in [2.75, 3.05) is 6.61 Å².